The fourth-order valence-electron chi connectivity index (χ4n) is 3.20. The summed E-state index contributed by atoms with van der Waals surface area (Å²) in [5.74, 6) is -0.340. The van der Waals surface area contributed by atoms with E-state index in [0.717, 1.165) is 28.2 Å². The molecule has 0 atom stereocenters. The summed E-state index contributed by atoms with van der Waals surface area (Å²) < 4.78 is 0. The van der Waals surface area contributed by atoms with Gasteiger partial charge in [0.1, 0.15) is 12.1 Å². The molecule has 1 aliphatic heterocycles. The Labute approximate surface area is 148 Å². The smallest absolute Gasteiger partial charge is 0.252 e. The molecule has 2 N–H and O–H groups in total. The second kappa shape index (κ2) is 6.24. The number of anilines is 3. The number of aryl methyl sites for hydroxylation is 2. The molecule has 3 rings (SSSR count). The maximum absolute atomic E-state index is 12.8. The number of hydrogen-bond acceptors (Lipinski definition) is 3. The number of nitrogens with one attached hydrogen (secondary N) is 2. The molecule has 0 saturated carbocycles. The van der Waals surface area contributed by atoms with Crippen molar-refractivity contribution in [1.29, 1.82) is 0 Å². The summed E-state index contributed by atoms with van der Waals surface area (Å²) >= 11 is 0. The van der Waals surface area contributed by atoms with Crippen LogP contribution < -0.4 is 15.5 Å². The highest BCUT2D eigenvalue weighted by molar-refractivity contribution is 6.11. The van der Waals surface area contributed by atoms with E-state index in [1.54, 1.807) is 4.90 Å². The second-order valence-corrected chi connectivity index (χ2v) is 7.08. The number of benzene rings is 2. The van der Waals surface area contributed by atoms with Crippen LogP contribution in [0.5, 0.6) is 0 Å². The van der Waals surface area contributed by atoms with Gasteiger partial charge in [0.25, 0.3) is 5.91 Å². The van der Waals surface area contributed by atoms with Gasteiger partial charge in [-0.3, -0.25) is 14.5 Å². The van der Waals surface area contributed by atoms with Crippen LogP contribution >= 0.6 is 0 Å². The average molecular weight is 337 g/mol. The Bertz CT molecular complexity index is 822. The molecule has 2 amide bonds. The zero-order chi connectivity index (χ0) is 18.2. The van der Waals surface area contributed by atoms with Crippen LogP contribution in [0.4, 0.5) is 17.1 Å². The van der Waals surface area contributed by atoms with Crippen LogP contribution in [0.2, 0.25) is 0 Å². The van der Waals surface area contributed by atoms with Gasteiger partial charge >= 0.3 is 0 Å². The minimum Gasteiger partial charge on any atom is -0.370 e. The normalized spacial score (nSPS) is 15.4. The van der Waals surface area contributed by atoms with Gasteiger partial charge in [0.05, 0.1) is 11.4 Å². The maximum Gasteiger partial charge on any atom is 0.252 e. The predicted octanol–water partition coefficient (Wildman–Crippen LogP) is 3.48. The Morgan fingerprint density at radius 3 is 2.44 bits per heavy atom. The molecule has 0 aliphatic carbocycles. The molecule has 1 heterocycles. The number of amides is 2. The summed E-state index contributed by atoms with van der Waals surface area (Å²) in [6.45, 7) is 7.59. The third-order valence-corrected chi connectivity index (χ3v) is 4.23. The van der Waals surface area contributed by atoms with Crippen LogP contribution in [0.15, 0.2) is 42.5 Å². The molecule has 130 valence electrons. The molecule has 0 bridgehead atoms. The van der Waals surface area contributed by atoms with Crippen molar-refractivity contribution >= 4 is 28.9 Å². The van der Waals surface area contributed by atoms with E-state index >= 15 is 0 Å². The SMILES string of the molecule is Cc1cc(C)cc(NC(=O)CN2C(=O)C(C)(C)Nc3ccccc32)c1. The van der Waals surface area contributed by atoms with Crippen LogP contribution in [0.25, 0.3) is 0 Å². The van der Waals surface area contributed by atoms with Crippen molar-refractivity contribution in [3.63, 3.8) is 0 Å². The largest absolute Gasteiger partial charge is 0.370 e. The van der Waals surface area contributed by atoms with Gasteiger partial charge in [-0.15, -0.1) is 0 Å². The van der Waals surface area contributed by atoms with Crippen LogP contribution in [-0.2, 0) is 9.59 Å². The first kappa shape index (κ1) is 17.0. The number of carbonyl (C=O) groups excluding carboxylic acids is 2. The fourth-order valence-corrected chi connectivity index (χ4v) is 3.20. The van der Waals surface area contributed by atoms with E-state index in [4.69, 9.17) is 0 Å². The molecule has 5 nitrogen and oxygen atoms in total. The zero-order valence-electron chi connectivity index (χ0n) is 15.0. The molecule has 2 aromatic rings. The van der Waals surface area contributed by atoms with Crippen molar-refractivity contribution in [2.75, 3.05) is 22.1 Å². The summed E-state index contributed by atoms with van der Waals surface area (Å²) in [4.78, 5) is 26.9. The molecular formula is C20H23N3O2. The monoisotopic (exact) mass is 337 g/mol. The summed E-state index contributed by atoms with van der Waals surface area (Å²) in [6, 6.07) is 13.4. The van der Waals surface area contributed by atoms with Gasteiger partial charge in [-0.05, 0) is 63.1 Å². The first-order valence-corrected chi connectivity index (χ1v) is 8.33. The molecular weight excluding hydrogens is 314 g/mol. The first-order valence-electron chi connectivity index (χ1n) is 8.33. The quantitative estimate of drug-likeness (QED) is 0.901. The Hall–Kier alpha value is -2.82. The minimum absolute atomic E-state index is 0.0199. The Kier molecular flexibility index (Phi) is 4.25. The maximum atomic E-state index is 12.8. The molecule has 25 heavy (non-hydrogen) atoms. The molecule has 0 spiro atoms. The van der Waals surface area contributed by atoms with E-state index in [0.29, 0.717) is 0 Å². The van der Waals surface area contributed by atoms with Crippen molar-refractivity contribution in [3.05, 3.63) is 53.6 Å². The van der Waals surface area contributed by atoms with Crippen molar-refractivity contribution in [3.8, 4) is 0 Å². The number of rotatable bonds is 3. The van der Waals surface area contributed by atoms with Gasteiger partial charge < -0.3 is 10.6 Å². The Morgan fingerprint density at radius 1 is 1.12 bits per heavy atom. The molecule has 5 heteroatoms. The molecule has 0 radical (unpaired) electrons. The molecule has 0 aromatic heterocycles. The third kappa shape index (κ3) is 3.50. The van der Waals surface area contributed by atoms with Crippen LogP contribution in [0.1, 0.15) is 25.0 Å². The predicted molar refractivity (Wildman–Crippen MR) is 101 cm³/mol. The summed E-state index contributed by atoms with van der Waals surface area (Å²) in [7, 11) is 0. The molecule has 1 aliphatic rings. The molecule has 0 saturated heterocycles. The number of nitrogens with zero attached hydrogens (tertiary/aromatic N) is 1. The van der Waals surface area contributed by atoms with E-state index < -0.39 is 5.54 Å². The molecule has 2 aromatic carbocycles. The number of hydrogen-bond donors (Lipinski definition) is 2. The standard InChI is InChI=1S/C20H23N3O2/c1-13-9-14(2)11-15(10-13)21-18(24)12-23-17-8-6-5-7-16(17)22-20(3,4)19(23)25/h5-11,22H,12H2,1-4H3,(H,21,24). The zero-order valence-corrected chi connectivity index (χ0v) is 15.0. The number of para-hydroxylation sites is 2. The van der Waals surface area contributed by atoms with Gasteiger partial charge in [0, 0.05) is 5.69 Å². The van der Waals surface area contributed by atoms with Crippen molar-refractivity contribution < 1.29 is 9.59 Å². The highest BCUT2D eigenvalue weighted by Gasteiger charge is 2.39. The van der Waals surface area contributed by atoms with Gasteiger partial charge in [-0.25, -0.2) is 0 Å². The summed E-state index contributed by atoms with van der Waals surface area (Å²) in [6.07, 6.45) is 0. The molecule has 0 fully saturated rings. The van der Waals surface area contributed by atoms with Crippen molar-refractivity contribution in [1.82, 2.24) is 0 Å². The van der Waals surface area contributed by atoms with Crippen LogP contribution in [0, 0.1) is 13.8 Å². The van der Waals surface area contributed by atoms with E-state index in [9.17, 15) is 9.59 Å². The fraction of sp³-hybridized carbons (Fsp3) is 0.300. The lowest BCUT2D eigenvalue weighted by Crippen LogP contribution is -2.55. The van der Waals surface area contributed by atoms with E-state index in [2.05, 4.69) is 10.6 Å². The first-order chi connectivity index (χ1) is 11.8. The van der Waals surface area contributed by atoms with Crippen LogP contribution in [0.3, 0.4) is 0 Å². The van der Waals surface area contributed by atoms with E-state index in [1.807, 2.05) is 70.2 Å². The number of carbonyl (C=O) groups is 2. The van der Waals surface area contributed by atoms with Gasteiger partial charge in [-0.2, -0.15) is 0 Å². The lowest BCUT2D eigenvalue weighted by Gasteiger charge is -2.39. The summed E-state index contributed by atoms with van der Waals surface area (Å²) in [5, 5.41) is 6.13. The van der Waals surface area contributed by atoms with E-state index in [1.165, 1.54) is 0 Å². The number of fused-ring (bicyclic) bond motifs is 1. The van der Waals surface area contributed by atoms with Crippen molar-refractivity contribution in [2.45, 2.75) is 33.2 Å². The second-order valence-electron chi connectivity index (χ2n) is 7.08. The van der Waals surface area contributed by atoms with Gasteiger partial charge in [-0.1, -0.05) is 18.2 Å². The highest BCUT2D eigenvalue weighted by Crippen LogP contribution is 2.34. The summed E-state index contributed by atoms with van der Waals surface area (Å²) in [5.41, 5.74) is 3.74. The van der Waals surface area contributed by atoms with Gasteiger partial charge in [0.2, 0.25) is 5.91 Å². The highest BCUT2D eigenvalue weighted by atomic mass is 16.2. The average Bonchev–Trinajstić information content (AvgIpc) is 2.50. The third-order valence-electron chi connectivity index (χ3n) is 4.23. The van der Waals surface area contributed by atoms with E-state index in [-0.39, 0.29) is 18.4 Å². The van der Waals surface area contributed by atoms with Gasteiger partial charge in [0.15, 0.2) is 0 Å². The van der Waals surface area contributed by atoms with Crippen LogP contribution in [-0.4, -0.2) is 23.9 Å². The topological polar surface area (TPSA) is 61.4 Å². The Balaban J connectivity index is 1.83. The lowest BCUT2D eigenvalue weighted by molar-refractivity contribution is -0.124. The Morgan fingerprint density at radius 2 is 1.76 bits per heavy atom. The minimum atomic E-state index is -0.755. The molecule has 0 unspecified atom stereocenters. The lowest BCUT2D eigenvalue weighted by atomic mass is 9.98. The van der Waals surface area contributed by atoms with Crippen molar-refractivity contribution in [2.24, 2.45) is 0 Å².